The third kappa shape index (κ3) is 23.8. The summed E-state index contributed by atoms with van der Waals surface area (Å²) in [5.74, 6) is 0. The molecule has 0 unspecified atom stereocenters. The third-order valence-electron chi connectivity index (χ3n) is 17.1. The molecule has 0 aliphatic rings. The van der Waals surface area contributed by atoms with Gasteiger partial charge in [-0.15, -0.1) is 138 Å². The molecule has 0 spiro atoms. The molecule has 0 saturated heterocycles. The molecule has 0 aliphatic heterocycles. The van der Waals surface area contributed by atoms with E-state index >= 15 is 0 Å². The summed E-state index contributed by atoms with van der Waals surface area (Å²) >= 11 is 3.51. The Labute approximate surface area is 615 Å². The van der Waals surface area contributed by atoms with Gasteiger partial charge in [-0.2, -0.15) is 52.5 Å². The van der Waals surface area contributed by atoms with E-state index in [9.17, 15) is 0 Å². The van der Waals surface area contributed by atoms with Gasteiger partial charge in [-0.05, 0) is 91.9 Å². The fraction of sp³-hybridized carbons (Fsp3) is 0.323. The molecule has 508 valence electrons. The molecule has 0 fully saturated rings. The first-order valence-electron chi connectivity index (χ1n) is 34.6. The molecule has 0 atom stereocenters. The summed E-state index contributed by atoms with van der Waals surface area (Å²) in [7, 11) is 7.00. The van der Waals surface area contributed by atoms with Gasteiger partial charge in [0.15, 0.2) is 0 Å². The zero-order chi connectivity index (χ0) is 71.0. The van der Waals surface area contributed by atoms with Crippen molar-refractivity contribution >= 4 is 51.1 Å². The van der Waals surface area contributed by atoms with Crippen molar-refractivity contribution in [3.05, 3.63) is 281 Å². The molecule has 0 aromatic heterocycles. The normalized spacial score (nSPS) is 11.1. The van der Waals surface area contributed by atoms with Crippen LogP contribution in [0.15, 0.2) is 218 Å². The van der Waals surface area contributed by atoms with Crippen molar-refractivity contribution in [2.24, 2.45) is 0 Å². The van der Waals surface area contributed by atoms with Crippen LogP contribution in [0, 0.1) is 7.43 Å². The van der Waals surface area contributed by atoms with E-state index in [1.165, 1.54) is 156 Å². The maximum atomic E-state index is 3.50. The second kappa shape index (κ2) is 39.3. The van der Waals surface area contributed by atoms with Crippen molar-refractivity contribution in [2.75, 3.05) is 28.2 Å². The Bertz CT molecular complexity index is 3710. The van der Waals surface area contributed by atoms with Crippen molar-refractivity contribution in [2.45, 2.75) is 172 Å². The van der Waals surface area contributed by atoms with E-state index in [1.54, 1.807) is 28.2 Å². The quantitative estimate of drug-likeness (QED) is 0.107. The smallest absolute Gasteiger partial charge is 0.162 e. The average molecular weight is 1400 g/mol. The van der Waals surface area contributed by atoms with Gasteiger partial charge in [0.25, 0.3) is 0 Å². The summed E-state index contributed by atoms with van der Waals surface area (Å²) in [6, 6.07) is 81.1. The van der Waals surface area contributed by atoms with Crippen LogP contribution >= 0.6 is 0 Å². The maximum absolute atomic E-state index is 3.50. The Hall–Kier alpha value is -6.54. The second-order valence-electron chi connectivity index (χ2n) is 28.9. The molecule has 2 nitrogen and oxygen atoms in total. The van der Waals surface area contributed by atoms with Gasteiger partial charge in [0.2, 0.25) is 0 Å². The zero-order valence-corrected chi connectivity index (χ0v) is 67.7. The first-order valence-corrected chi connectivity index (χ1v) is 37.0. The largest absolute Gasteiger partial charge is 0.668 e. The van der Waals surface area contributed by atoms with Gasteiger partial charge in [-0.1, -0.05) is 254 Å². The summed E-state index contributed by atoms with van der Waals surface area (Å²) in [6.07, 6.45) is 4.38. The summed E-state index contributed by atoms with van der Waals surface area (Å²) in [5.41, 5.74) is 22.6. The Balaban J connectivity index is 0.000000259. The predicted octanol–water partition coefficient (Wildman–Crippen LogP) is 26.7. The Kier molecular flexibility index (Phi) is 33.6. The fourth-order valence-electron chi connectivity index (χ4n) is 11.6. The van der Waals surface area contributed by atoms with E-state index in [2.05, 4.69) is 344 Å². The molecule has 12 aromatic rings. The summed E-state index contributed by atoms with van der Waals surface area (Å²) < 4.78 is 4.09. The van der Waals surface area contributed by atoms with E-state index in [4.69, 9.17) is 0 Å². The first-order chi connectivity index (χ1) is 45.6. The minimum atomic E-state index is 0. The molecule has 0 radical (unpaired) electrons. The summed E-state index contributed by atoms with van der Waals surface area (Å²) in [6.45, 7) is 40.0. The monoisotopic (exact) mass is 1400 g/mol. The average Bonchev–Trinajstić information content (AvgIpc) is 1.71. The van der Waals surface area contributed by atoms with Crippen LogP contribution in [0.3, 0.4) is 0 Å². The van der Waals surface area contributed by atoms with Gasteiger partial charge in [-0.3, -0.25) is 0 Å². The van der Waals surface area contributed by atoms with Crippen LogP contribution in [-0.2, 0) is 91.6 Å². The molecule has 0 saturated carbocycles. The number of benzene rings is 8. The number of rotatable bonds is 8. The van der Waals surface area contributed by atoms with Crippen molar-refractivity contribution < 1.29 is 44.2 Å². The Morgan fingerprint density at radius 3 is 0.619 bits per heavy atom. The molecule has 4 heteroatoms. The van der Waals surface area contributed by atoms with Crippen molar-refractivity contribution in [3.63, 3.8) is 0 Å². The molecule has 0 bridgehead atoms. The van der Waals surface area contributed by atoms with E-state index in [-0.39, 0.29) is 29.1 Å². The van der Waals surface area contributed by atoms with Crippen LogP contribution in [0.4, 0.5) is 0 Å². The second-order valence-corrected chi connectivity index (χ2v) is 31.2. The Morgan fingerprint density at radius 2 is 0.485 bits per heavy atom. The molecule has 12 aromatic carbocycles. The number of hydrogen-bond acceptors (Lipinski definition) is 0. The van der Waals surface area contributed by atoms with E-state index < -0.39 is 0 Å². The summed E-state index contributed by atoms with van der Waals surface area (Å²) in [5, 5.41) is 17.9. The van der Waals surface area contributed by atoms with Gasteiger partial charge < -0.3 is 18.1 Å². The number of fused-ring (bicyclic) bond motifs is 4. The van der Waals surface area contributed by atoms with Gasteiger partial charge in [0.1, 0.15) is 0 Å². The molecule has 0 amide bonds. The minimum Gasteiger partial charge on any atom is -0.668 e. The molecule has 0 N–H and O–H groups in total. The predicted molar refractivity (Wildman–Crippen MR) is 433 cm³/mol. The standard InChI is InChI=1S/4C21H23.2C2H6N.2C2H4.CH3.Ti.Zr/c4*1-5-15-13-17-7-6-8-19(20(17)14-15)16-9-11-18(12-10-16)21(2,3)4;2*1-3-2;2*1-2;;;/h4*6-14H,5H2,1-4H3;2*1-2H3;2*1H,2H3;1H3;;/q6*-1;;;-1;2*+2. The molecule has 12 rings (SSSR count). The molecule has 0 heterocycles. The number of nitrogens with zero attached hydrogens (tertiary/aromatic N) is 2. The van der Waals surface area contributed by atoms with Crippen molar-refractivity contribution in [1.82, 2.24) is 0 Å². The van der Waals surface area contributed by atoms with Crippen LogP contribution in [0.5, 0.6) is 0 Å². The number of aryl methyl sites for hydroxylation is 4. The van der Waals surface area contributed by atoms with Crippen LogP contribution in [0.2, 0.25) is 0 Å². The first kappa shape index (κ1) is 82.9. The third-order valence-corrected chi connectivity index (χ3v) is 17.1. The molecular formula is C93H115N2TiZr-3. The molecular weight excluding hydrogens is 1280 g/mol. The van der Waals surface area contributed by atoms with E-state index in [0.717, 1.165) is 25.7 Å². The van der Waals surface area contributed by atoms with Crippen LogP contribution in [0.1, 0.15) is 169 Å². The topological polar surface area (TPSA) is 28.2 Å². The molecule has 0 aliphatic carbocycles. The van der Waals surface area contributed by atoms with Crippen LogP contribution in [0.25, 0.3) is 98.2 Å². The van der Waals surface area contributed by atoms with Gasteiger partial charge >= 0.3 is 66.1 Å². The van der Waals surface area contributed by atoms with Crippen molar-refractivity contribution in [3.8, 4) is 44.5 Å². The SMILES string of the molecule is CCc1cc2c(-c3ccc(C(C)(C)C)cc3)cccc2[cH-]1.CCc1cc2c(-c3ccc(C(C)(C)C)cc3)cccc2[cH-]1.CCc1cc2c(-c3ccc(C(C)(C)C)cc3)cccc2[cH-]1.CCc1cc2c(-c3ccc(C(C)(C)C)cc3)cccc2[cH-]1.C[CH]=[Ti+2].C[CH]=[Zr+2].C[N-]C.C[N-]C.[CH3-]. The van der Waals surface area contributed by atoms with Gasteiger partial charge in [0, 0.05) is 0 Å². The van der Waals surface area contributed by atoms with E-state index in [1.807, 2.05) is 38.1 Å². The van der Waals surface area contributed by atoms with E-state index in [0.29, 0.717) is 0 Å². The molecule has 97 heavy (non-hydrogen) atoms. The van der Waals surface area contributed by atoms with Crippen LogP contribution in [-0.4, -0.2) is 36.2 Å². The minimum absolute atomic E-state index is 0. The van der Waals surface area contributed by atoms with Gasteiger partial charge in [0.05, 0.1) is 0 Å². The van der Waals surface area contributed by atoms with Gasteiger partial charge in [-0.25, -0.2) is 0 Å². The number of hydrogen-bond donors (Lipinski definition) is 0. The van der Waals surface area contributed by atoms with Crippen molar-refractivity contribution in [1.29, 1.82) is 0 Å². The Morgan fingerprint density at radius 1 is 0.330 bits per heavy atom. The van der Waals surface area contributed by atoms with Crippen LogP contribution < -0.4 is 0 Å². The fourth-order valence-corrected chi connectivity index (χ4v) is 11.6. The maximum Gasteiger partial charge on any atom is -0.162 e. The summed E-state index contributed by atoms with van der Waals surface area (Å²) in [4.78, 5) is 0. The zero-order valence-electron chi connectivity index (χ0n) is 63.7.